The summed E-state index contributed by atoms with van der Waals surface area (Å²) in [7, 11) is 0. The van der Waals surface area contributed by atoms with Gasteiger partial charge < -0.3 is 10.3 Å². The first-order valence-corrected chi connectivity index (χ1v) is 7.48. The summed E-state index contributed by atoms with van der Waals surface area (Å²) in [6, 6.07) is 0. The number of anilines is 1. The van der Waals surface area contributed by atoms with Gasteiger partial charge in [0.2, 0.25) is 0 Å². The number of nitrogen functional groups attached to an aromatic ring is 1. The number of fused-ring (bicyclic) bond motifs is 1. The normalized spacial score (nSPS) is 11.4. The van der Waals surface area contributed by atoms with Crippen molar-refractivity contribution in [2.24, 2.45) is 0 Å². The highest BCUT2D eigenvalue weighted by Crippen LogP contribution is 2.20. The first-order valence-electron chi connectivity index (χ1n) is 6.68. The van der Waals surface area contributed by atoms with Crippen molar-refractivity contribution in [3.63, 3.8) is 0 Å². The second kappa shape index (κ2) is 5.44. The standard InChI is InChI=1S/C13H16BrN7/c1-8-10(14)9(2)21(19-8)5-3-4-20-7-18-11-12(15)16-6-17-13(11)20/h6-7H,3-5H2,1-2H3,(H2,15,16,17). The van der Waals surface area contributed by atoms with E-state index in [1.165, 1.54) is 6.33 Å². The van der Waals surface area contributed by atoms with Crippen LogP contribution in [0.1, 0.15) is 17.8 Å². The zero-order valence-corrected chi connectivity index (χ0v) is 13.5. The fourth-order valence-corrected chi connectivity index (χ4v) is 2.63. The number of halogens is 1. The third-order valence-corrected chi connectivity index (χ3v) is 4.64. The predicted molar refractivity (Wildman–Crippen MR) is 83.8 cm³/mol. The molecule has 0 aliphatic carbocycles. The van der Waals surface area contributed by atoms with E-state index in [0.29, 0.717) is 11.3 Å². The molecule has 0 spiro atoms. The first-order chi connectivity index (χ1) is 10.1. The monoisotopic (exact) mass is 349 g/mol. The molecule has 110 valence electrons. The SMILES string of the molecule is Cc1nn(CCCn2cnc3c(N)ncnc32)c(C)c1Br. The van der Waals surface area contributed by atoms with E-state index in [9.17, 15) is 0 Å². The van der Waals surface area contributed by atoms with Crippen molar-refractivity contribution in [3.05, 3.63) is 28.5 Å². The molecule has 0 bridgehead atoms. The number of nitrogens with zero attached hydrogens (tertiary/aromatic N) is 6. The Morgan fingerprint density at radius 2 is 2.00 bits per heavy atom. The molecule has 0 aliphatic heterocycles. The molecule has 2 N–H and O–H groups in total. The Kier molecular flexibility index (Phi) is 3.62. The van der Waals surface area contributed by atoms with Crippen LogP contribution in [0.25, 0.3) is 11.2 Å². The van der Waals surface area contributed by atoms with E-state index < -0.39 is 0 Å². The molecule has 0 atom stereocenters. The van der Waals surface area contributed by atoms with E-state index in [0.717, 1.165) is 41.0 Å². The van der Waals surface area contributed by atoms with Crippen molar-refractivity contribution in [2.45, 2.75) is 33.4 Å². The molecule has 3 aromatic rings. The van der Waals surface area contributed by atoms with Gasteiger partial charge in [-0.05, 0) is 36.2 Å². The number of nitrogens with two attached hydrogens (primary N) is 1. The summed E-state index contributed by atoms with van der Waals surface area (Å²) in [5.41, 5.74) is 9.38. The summed E-state index contributed by atoms with van der Waals surface area (Å²) < 4.78 is 5.09. The number of hydrogen-bond acceptors (Lipinski definition) is 5. The van der Waals surface area contributed by atoms with Crippen molar-refractivity contribution in [1.29, 1.82) is 0 Å². The highest BCUT2D eigenvalue weighted by atomic mass is 79.9. The van der Waals surface area contributed by atoms with Crippen molar-refractivity contribution < 1.29 is 0 Å². The molecule has 0 aromatic carbocycles. The molecule has 0 fully saturated rings. The summed E-state index contributed by atoms with van der Waals surface area (Å²) >= 11 is 3.54. The van der Waals surface area contributed by atoms with Crippen LogP contribution >= 0.6 is 15.9 Å². The lowest BCUT2D eigenvalue weighted by Crippen LogP contribution is -2.07. The van der Waals surface area contributed by atoms with Crippen LogP contribution in [0.3, 0.4) is 0 Å². The van der Waals surface area contributed by atoms with E-state index in [1.54, 1.807) is 6.33 Å². The molecule has 7 nitrogen and oxygen atoms in total. The lowest BCUT2D eigenvalue weighted by molar-refractivity contribution is 0.520. The Morgan fingerprint density at radius 1 is 1.19 bits per heavy atom. The third-order valence-electron chi connectivity index (χ3n) is 3.49. The molecule has 8 heteroatoms. The number of aromatic nitrogens is 6. The Hall–Kier alpha value is -1.96. The zero-order valence-electron chi connectivity index (χ0n) is 11.9. The molecule has 3 aromatic heterocycles. The molecule has 0 saturated carbocycles. The average Bonchev–Trinajstić information content (AvgIpc) is 2.98. The van der Waals surface area contributed by atoms with Gasteiger partial charge in [0.25, 0.3) is 0 Å². The van der Waals surface area contributed by atoms with Gasteiger partial charge in [0.15, 0.2) is 11.5 Å². The van der Waals surface area contributed by atoms with Gasteiger partial charge in [0.1, 0.15) is 11.8 Å². The van der Waals surface area contributed by atoms with Crippen LogP contribution in [0.2, 0.25) is 0 Å². The van der Waals surface area contributed by atoms with Gasteiger partial charge in [-0.3, -0.25) is 4.68 Å². The van der Waals surface area contributed by atoms with Crippen molar-refractivity contribution in [3.8, 4) is 0 Å². The second-order valence-corrected chi connectivity index (χ2v) is 5.72. The molecule has 3 rings (SSSR count). The third kappa shape index (κ3) is 2.51. The number of hydrogen-bond donors (Lipinski definition) is 1. The number of aryl methyl sites for hydroxylation is 3. The summed E-state index contributed by atoms with van der Waals surface area (Å²) in [6.07, 6.45) is 4.16. The maximum Gasteiger partial charge on any atom is 0.165 e. The van der Waals surface area contributed by atoms with Crippen molar-refractivity contribution in [1.82, 2.24) is 29.3 Å². The summed E-state index contributed by atoms with van der Waals surface area (Å²) in [5, 5.41) is 4.50. The fraction of sp³-hybridized carbons (Fsp3) is 0.385. The number of imidazole rings is 1. The van der Waals surface area contributed by atoms with E-state index in [1.807, 2.05) is 16.2 Å². The molecular weight excluding hydrogens is 334 g/mol. The zero-order chi connectivity index (χ0) is 15.0. The minimum Gasteiger partial charge on any atom is -0.382 e. The molecule has 0 radical (unpaired) electrons. The van der Waals surface area contributed by atoms with Crippen LogP contribution in [0.4, 0.5) is 5.82 Å². The fourth-order valence-electron chi connectivity index (χ4n) is 2.35. The van der Waals surface area contributed by atoms with Gasteiger partial charge in [-0.2, -0.15) is 5.10 Å². The van der Waals surface area contributed by atoms with Gasteiger partial charge in [-0.1, -0.05) is 0 Å². The van der Waals surface area contributed by atoms with Gasteiger partial charge in [0.05, 0.1) is 16.5 Å². The van der Waals surface area contributed by atoms with Crippen LogP contribution in [0.15, 0.2) is 17.1 Å². The van der Waals surface area contributed by atoms with Gasteiger partial charge >= 0.3 is 0 Å². The largest absolute Gasteiger partial charge is 0.382 e. The Bertz CT molecular complexity index is 789. The lowest BCUT2D eigenvalue weighted by Gasteiger charge is -2.06. The van der Waals surface area contributed by atoms with Gasteiger partial charge in [-0.15, -0.1) is 0 Å². The van der Waals surface area contributed by atoms with Crippen LogP contribution < -0.4 is 5.73 Å². The Morgan fingerprint density at radius 3 is 2.71 bits per heavy atom. The molecule has 0 unspecified atom stereocenters. The minimum absolute atomic E-state index is 0.418. The van der Waals surface area contributed by atoms with E-state index in [4.69, 9.17) is 5.73 Å². The maximum absolute atomic E-state index is 5.78. The van der Waals surface area contributed by atoms with Crippen LogP contribution in [0, 0.1) is 13.8 Å². The summed E-state index contributed by atoms with van der Waals surface area (Å²) in [4.78, 5) is 12.4. The minimum atomic E-state index is 0.418. The van der Waals surface area contributed by atoms with Crippen LogP contribution in [-0.2, 0) is 13.1 Å². The average molecular weight is 350 g/mol. The topological polar surface area (TPSA) is 87.4 Å². The highest BCUT2D eigenvalue weighted by Gasteiger charge is 2.10. The Labute approximate surface area is 130 Å². The molecule has 21 heavy (non-hydrogen) atoms. The lowest BCUT2D eigenvalue weighted by atomic mass is 10.3. The van der Waals surface area contributed by atoms with Crippen LogP contribution in [-0.4, -0.2) is 29.3 Å². The van der Waals surface area contributed by atoms with E-state index >= 15 is 0 Å². The summed E-state index contributed by atoms with van der Waals surface area (Å²) in [6.45, 7) is 5.71. The molecular formula is C13H16BrN7. The van der Waals surface area contributed by atoms with Gasteiger partial charge in [0, 0.05) is 18.8 Å². The maximum atomic E-state index is 5.78. The first kappa shape index (κ1) is 14.0. The van der Waals surface area contributed by atoms with Crippen molar-refractivity contribution in [2.75, 3.05) is 5.73 Å². The quantitative estimate of drug-likeness (QED) is 0.778. The van der Waals surface area contributed by atoms with E-state index in [-0.39, 0.29) is 0 Å². The molecule has 0 aliphatic rings. The molecule has 0 amide bonds. The smallest absolute Gasteiger partial charge is 0.165 e. The van der Waals surface area contributed by atoms with E-state index in [2.05, 4.69) is 42.9 Å². The van der Waals surface area contributed by atoms with Gasteiger partial charge in [-0.25, -0.2) is 15.0 Å². The Balaban J connectivity index is 1.72. The highest BCUT2D eigenvalue weighted by molar-refractivity contribution is 9.10. The molecule has 3 heterocycles. The van der Waals surface area contributed by atoms with Crippen molar-refractivity contribution >= 4 is 32.9 Å². The second-order valence-electron chi connectivity index (χ2n) is 4.93. The molecule has 0 saturated heterocycles. The number of rotatable bonds is 4. The predicted octanol–water partition coefficient (Wildman–Crippen LogP) is 2.07. The van der Waals surface area contributed by atoms with Crippen LogP contribution in [0.5, 0.6) is 0 Å². The summed E-state index contributed by atoms with van der Waals surface area (Å²) in [5.74, 6) is 0.418.